The molecule has 2 amide bonds. The molecule has 0 aliphatic heterocycles. The number of hydroxylamine groups is 1. The fourth-order valence-corrected chi connectivity index (χ4v) is 1.71. The van der Waals surface area contributed by atoms with Crippen LogP contribution >= 0.6 is 0 Å². The van der Waals surface area contributed by atoms with Gasteiger partial charge in [0.25, 0.3) is 0 Å². The van der Waals surface area contributed by atoms with Crippen LogP contribution in [-0.2, 0) is 6.54 Å². The normalized spacial score (nSPS) is 9.83. The molecule has 4 heteroatoms. The summed E-state index contributed by atoms with van der Waals surface area (Å²) >= 11 is 0. The minimum absolute atomic E-state index is 0.368. The fraction of sp³-hybridized carbons (Fsp3) is 0.0714. The van der Waals surface area contributed by atoms with Crippen LogP contribution in [0.2, 0.25) is 0 Å². The van der Waals surface area contributed by atoms with E-state index in [1.54, 1.807) is 0 Å². The molecule has 4 nitrogen and oxygen atoms in total. The molecule has 18 heavy (non-hydrogen) atoms. The van der Waals surface area contributed by atoms with E-state index in [1.807, 2.05) is 54.6 Å². The Bertz CT molecular complexity index is 526. The summed E-state index contributed by atoms with van der Waals surface area (Å²) < 4.78 is 0. The van der Waals surface area contributed by atoms with Crippen LogP contribution in [0, 0.1) is 0 Å². The SMILES string of the molecule is O=C(NO)NCc1cccc(-c2ccccc2)c1. The first-order chi connectivity index (χ1) is 8.79. The monoisotopic (exact) mass is 242 g/mol. The fourth-order valence-electron chi connectivity index (χ4n) is 1.71. The number of carbonyl (C=O) groups excluding carboxylic acids is 1. The molecule has 92 valence electrons. The van der Waals surface area contributed by atoms with E-state index in [-0.39, 0.29) is 0 Å². The number of amides is 2. The Kier molecular flexibility index (Phi) is 3.94. The molecular weight excluding hydrogens is 228 g/mol. The molecular formula is C14H14N2O2. The van der Waals surface area contributed by atoms with E-state index in [1.165, 1.54) is 5.48 Å². The van der Waals surface area contributed by atoms with Gasteiger partial charge in [0.1, 0.15) is 0 Å². The second-order valence-corrected chi connectivity index (χ2v) is 3.86. The van der Waals surface area contributed by atoms with Crippen molar-refractivity contribution in [3.05, 3.63) is 60.2 Å². The van der Waals surface area contributed by atoms with Crippen LogP contribution in [0.15, 0.2) is 54.6 Å². The molecule has 2 rings (SSSR count). The molecule has 0 aliphatic carbocycles. The smallest absolute Gasteiger partial charge is 0.332 e. The summed E-state index contributed by atoms with van der Waals surface area (Å²) in [5.41, 5.74) is 4.73. The second-order valence-electron chi connectivity index (χ2n) is 3.86. The van der Waals surface area contributed by atoms with Crippen molar-refractivity contribution in [1.82, 2.24) is 10.8 Å². The lowest BCUT2D eigenvalue weighted by Gasteiger charge is -2.06. The Hall–Kier alpha value is -2.33. The number of rotatable bonds is 3. The van der Waals surface area contributed by atoms with Crippen LogP contribution in [0.25, 0.3) is 11.1 Å². The quantitative estimate of drug-likeness (QED) is 0.572. The van der Waals surface area contributed by atoms with Gasteiger partial charge in [-0.25, -0.2) is 10.3 Å². The molecule has 0 radical (unpaired) electrons. The number of carbonyl (C=O) groups is 1. The Morgan fingerprint density at radius 1 is 1.00 bits per heavy atom. The third kappa shape index (κ3) is 3.09. The highest BCUT2D eigenvalue weighted by Crippen LogP contribution is 2.19. The highest BCUT2D eigenvalue weighted by molar-refractivity contribution is 5.72. The molecule has 3 N–H and O–H groups in total. The Morgan fingerprint density at radius 2 is 1.72 bits per heavy atom. The molecule has 0 aliphatic rings. The molecule has 0 fully saturated rings. The standard InChI is InChI=1S/C14H14N2O2/c17-14(16-18)15-10-11-5-4-8-13(9-11)12-6-2-1-3-7-12/h1-9,18H,10H2,(H2,15,16,17). The summed E-state index contributed by atoms with van der Waals surface area (Å²) in [4.78, 5) is 10.9. The van der Waals surface area contributed by atoms with E-state index in [0.29, 0.717) is 6.54 Å². The zero-order chi connectivity index (χ0) is 12.8. The van der Waals surface area contributed by atoms with Gasteiger partial charge in [0.2, 0.25) is 0 Å². The molecule has 0 saturated heterocycles. The lowest BCUT2D eigenvalue weighted by atomic mass is 10.0. The van der Waals surface area contributed by atoms with Crippen molar-refractivity contribution >= 4 is 6.03 Å². The van der Waals surface area contributed by atoms with Crippen molar-refractivity contribution in [2.75, 3.05) is 0 Å². The van der Waals surface area contributed by atoms with Crippen LogP contribution in [0.5, 0.6) is 0 Å². The summed E-state index contributed by atoms with van der Waals surface area (Å²) in [5, 5.41) is 10.9. The zero-order valence-corrected chi connectivity index (χ0v) is 9.76. The van der Waals surface area contributed by atoms with Gasteiger partial charge < -0.3 is 5.32 Å². The van der Waals surface area contributed by atoms with Crippen LogP contribution in [-0.4, -0.2) is 11.2 Å². The number of nitrogens with one attached hydrogen (secondary N) is 2. The predicted octanol–water partition coefficient (Wildman–Crippen LogP) is 2.54. The maximum atomic E-state index is 10.9. The van der Waals surface area contributed by atoms with Crippen molar-refractivity contribution in [3.63, 3.8) is 0 Å². The van der Waals surface area contributed by atoms with Crippen LogP contribution in [0.4, 0.5) is 4.79 Å². The molecule has 0 aromatic heterocycles. The Morgan fingerprint density at radius 3 is 2.44 bits per heavy atom. The molecule has 2 aromatic carbocycles. The summed E-state index contributed by atoms with van der Waals surface area (Å²) in [6.45, 7) is 0.368. The van der Waals surface area contributed by atoms with E-state index < -0.39 is 6.03 Å². The third-order valence-corrected chi connectivity index (χ3v) is 2.59. The molecule has 2 aromatic rings. The first kappa shape index (κ1) is 12.1. The Balaban J connectivity index is 2.13. The molecule has 0 unspecified atom stereocenters. The van der Waals surface area contributed by atoms with E-state index in [9.17, 15) is 4.79 Å². The van der Waals surface area contributed by atoms with Crippen molar-refractivity contribution < 1.29 is 10.0 Å². The Labute approximate surface area is 105 Å². The van der Waals surface area contributed by atoms with Gasteiger partial charge in [0.05, 0.1) is 0 Å². The zero-order valence-electron chi connectivity index (χ0n) is 9.76. The number of urea groups is 1. The van der Waals surface area contributed by atoms with Gasteiger partial charge in [-0.3, -0.25) is 5.21 Å². The first-order valence-corrected chi connectivity index (χ1v) is 5.62. The van der Waals surface area contributed by atoms with Crippen molar-refractivity contribution in [3.8, 4) is 11.1 Å². The summed E-state index contributed by atoms with van der Waals surface area (Å²) in [6, 6.07) is 17.3. The first-order valence-electron chi connectivity index (χ1n) is 5.62. The molecule has 0 atom stereocenters. The predicted molar refractivity (Wildman–Crippen MR) is 69.0 cm³/mol. The van der Waals surface area contributed by atoms with Gasteiger partial charge in [-0.2, -0.15) is 0 Å². The lowest BCUT2D eigenvalue weighted by Crippen LogP contribution is -2.32. The van der Waals surface area contributed by atoms with Gasteiger partial charge in [0.15, 0.2) is 0 Å². The van der Waals surface area contributed by atoms with Crippen LogP contribution in [0.1, 0.15) is 5.56 Å². The van der Waals surface area contributed by atoms with Crippen molar-refractivity contribution in [2.24, 2.45) is 0 Å². The van der Waals surface area contributed by atoms with Gasteiger partial charge in [-0.1, -0.05) is 48.5 Å². The maximum absolute atomic E-state index is 10.9. The van der Waals surface area contributed by atoms with E-state index >= 15 is 0 Å². The summed E-state index contributed by atoms with van der Waals surface area (Å²) in [6.07, 6.45) is 0. The summed E-state index contributed by atoms with van der Waals surface area (Å²) in [5.74, 6) is 0. The van der Waals surface area contributed by atoms with Gasteiger partial charge >= 0.3 is 6.03 Å². The second kappa shape index (κ2) is 5.84. The van der Waals surface area contributed by atoms with Crippen molar-refractivity contribution in [2.45, 2.75) is 6.54 Å². The molecule has 0 saturated carbocycles. The number of hydrogen-bond donors (Lipinski definition) is 3. The van der Waals surface area contributed by atoms with E-state index in [0.717, 1.165) is 16.7 Å². The average molecular weight is 242 g/mol. The van der Waals surface area contributed by atoms with Crippen LogP contribution < -0.4 is 10.8 Å². The number of hydrogen-bond acceptors (Lipinski definition) is 2. The molecule has 0 heterocycles. The topological polar surface area (TPSA) is 61.4 Å². The van der Waals surface area contributed by atoms with Crippen molar-refractivity contribution in [1.29, 1.82) is 0 Å². The highest BCUT2D eigenvalue weighted by Gasteiger charge is 2.00. The van der Waals surface area contributed by atoms with E-state index in [2.05, 4.69) is 5.32 Å². The molecule has 0 bridgehead atoms. The highest BCUT2D eigenvalue weighted by atomic mass is 16.5. The maximum Gasteiger partial charge on any atom is 0.338 e. The summed E-state index contributed by atoms with van der Waals surface area (Å²) in [7, 11) is 0. The van der Waals surface area contributed by atoms with Gasteiger partial charge in [-0.15, -0.1) is 0 Å². The number of benzene rings is 2. The minimum atomic E-state index is -0.611. The largest absolute Gasteiger partial charge is 0.338 e. The average Bonchev–Trinajstić information content (AvgIpc) is 2.46. The van der Waals surface area contributed by atoms with E-state index in [4.69, 9.17) is 5.21 Å². The molecule has 0 spiro atoms. The van der Waals surface area contributed by atoms with Crippen LogP contribution in [0.3, 0.4) is 0 Å². The third-order valence-electron chi connectivity index (χ3n) is 2.59. The van der Waals surface area contributed by atoms with Gasteiger partial charge in [-0.05, 0) is 22.8 Å². The lowest BCUT2D eigenvalue weighted by molar-refractivity contribution is 0.161. The van der Waals surface area contributed by atoms with Gasteiger partial charge in [0, 0.05) is 6.54 Å². The minimum Gasteiger partial charge on any atom is -0.332 e.